The van der Waals surface area contributed by atoms with Gasteiger partial charge < -0.3 is 10.6 Å². The number of urea groups is 1. The number of para-hydroxylation sites is 1. The molecule has 6 nitrogen and oxygen atoms in total. The lowest BCUT2D eigenvalue weighted by Gasteiger charge is -2.17. The average Bonchev–Trinajstić information content (AvgIpc) is 3.23. The highest BCUT2D eigenvalue weighted by Crippen LogP contribution is 2.37. The zero-order valence-corrected chi connectivity index (χ0v) is 13.0. The van der Waals surface area contributed by atoms with Crippen LogP contribution in [0.5, 0.6) is 0 Å². The van der Waals surface area contributed by atoms with E-state index in [0.29, 0.717) is 23.3 Å². The van der Waals surface area contributed by atoms with Gasteiger partial charge in [-0.2, -0.15) is 0 Å². The number of fused-ring (bicyclic) bond motifs is 1. The number of nitrogen functional groups attached to an aromatic ring is 1. The van der Waals surface area contributed by atoms with Crippen LogP contribution in [0.4, 0.5) is 16.3 Å². The third kappa shape index (κ3) is 2.65. The largest absolute Gasteiger partial charge is 0.394 e. The number of nitrogens with two attached hydrogens (primary N) is 1. The molecule has 1 aromatic heterocycles. The van der Waals surface area contributed by atoms with Gasteiger partial charge >= 0.3 is 6.03 Å². The topological polar surface area (TPSA) is 76.2 Å². The van der Waals surface area contributed by atoms with Crippen LogP contribution in [-0.2, 0) is 0 Å². The zero-order chi connectivity index (χ0) is 15.8. The Balaban J connectivity index is 1.47. The summed E-state index contributed by atoms with van der Waals surface area (Å²) in [5.41, 5.74) is 7.39. The molecule has 1 aliphatic heterocycles. The molecule has 2 aromatic rings. The van der Waals surface area contributed by atoms with Gasteiger partial charge in [-0.15, -0.1) is 5.10 Å². The lowest BCUT2D eigenvalue weighted by molar-refractivity contribution is 0.218. The number of nitrogens with zero attached hydrogens (tertiary/aromatic N) is 3. The van der Waals surface area contributed by atoms with E-state index in [1.807, 2.05) is 35.2 Å². The normalized spacial score (nSPS) is 23.0. The Morgan fingerprint density at radius 3 is 2.57 bits per heavy atom. The third-order valence-electron chi connectivity index (χ3n) is 5.00. The van der Waals surface area contributed by atoms with Crippen LogP contribution in [0, 0.1) is 11.8 Å². The van der Waals surface area contributed by atoms with Crippen LogP contribution in [0.3, 0.4) is 0 Å². The van der Waals surface area contributed by atoms with Gasteiger partial charge in [-0.1, -0.05) is 24.6 Å². The fourth-order valence-electron chi connectivity index (χ4n) is 3.78. The fraction of sp³-hybridized carbons (Fsp3) is 0.412. The molecule has 3 N–H and O–H groups in total. The number of aromatic nitrogens is 2. The van der Waals surface area contributed by atoms with Gasteiger partial charge in [0.05, 0.1) is 17.6 Å². The Bertz CT molecular complexity index is 699. The van der Waals surface area contributed by atoms with Crippen LogP contribution in [-0.4, -0.2) is 33.8 Å². The average molecular weight is 311 g/mol. The number of carbonyl (C=O) groups is 1. The van der Waals surface area contributed by atoms with E-state index in [-0.39, 0.29) is 6.03 Å². The van der Waals surface area contributed by atoms with Crippen molar-refractivity contribution in [2.45, 2.75) is 19.3 Å². The van der Waals surface area contributed by atoms with Gasteiger partial charge in [0.2, 0.25) is 0 Å². The molecule has 4 rings (SSSR count). The van der Waals surface area contributed by atoms with Gasteiger partial charge in [0, 0.05) is 13.1 Å². The number of benzene rings is 1. The van der Waals surface area contributed by atoms with Crippen molar-refractivity contribution in [3.05, 3.63) is 36.5 Å². The van der Waals surface area contributed by atoms with Crippen molar-refractivity contribution in [3.8, 4) is 5.69 Å². The molecule has 2 heterocycles. The Kier molecular flexibility index (Phi) is 3.44. The number of hydrogen-bond donors (Lipinski definition) is 2. The molecule has 23 heavy (non-hydrogen) atoms. The van der Waals surface area contributed by atoms with E-state index in [1.54, 1.807) is 10.9 Å². The van der Waals surface area contributed by atoms with Crippen molar-refractivity contribution in [2.24, 2.45) is 11.8 Å². The Labute approximate surface area is 135 Å². The first-order chi connectivity index (χ1) is 11.2. The van der Waals surface area contributed by atoms with Crippen LogP contribution in [0.25, 0.3) is 5.69 Å². The molecule has 1 aromatic carbocycles. The van der Waals surface area contributed by atoms with E-state index in [4.69, 9.17) is 5.73 Å². The summed E-state index contributed by atoms with van der Waals surface area (Å²) in [6.45, 7) is 1.71. The van der Waals surface area contributed by atoms with E-state index < -0.39 is 0 Å². The van der Waals surface area contributed by atoms with Gasteiger partial charge in [-0.3, -0.25) is 5.32 Å². The van der Waals surface area contributed by atoms with Crippen LogP contribution in [0.1, 0.15) is 19.3 Å². The number of likely N-dealkylation sites (tertiary alicyclic amines) is 1. The van der Waals surface area contributed by atoms with Gasteiger partial charge in [0.1, 0.15) is 0 Å². The molecule has 2 atom stereocenters. The summed E-state index contributed by atoms with van der Waals surface area (Å²) in [5, 5.41) is 7.26. The van der Waals surface area contributed by atoms with Crippen LogP contribution < -0.4 is 11.1 Å². The van der Waals surface area contributed by atoms with E-state index in [9.17, 15) is 4.79 Å². The van der Waals surface area contributed by atoms with Gasteiger partial charge in [0.15, 0.2) is 5.82 Å². The maximum atomic E-state index is 12.5. The molecule has 6 heteroatoms. The number of hydrogen-bond acceptors (Lipinski definition) is 3. The maximum absolute atomic E-state index is 12.5. The van der Waals surface area contributed by atoms with Crippen LogP contribution >= 0.6 is 0 Å². The molecule has 1 saturated heterocycles. The summed E-state index contributed by atoms with van der Waals surface area (Å²) >= 11 is 0. The molecule has 2 aliphatic rings. The van der Waals surface area contributed by atoms with Crippen molar-refractivity contribution in [1.82, 2.24) is 14.7 Å². The highest BCUT2D eigenvalue weighted by atomic mass is 16.2. The summed E-state index contributed by atoms with van der Waals surface area (Å²) in [6, 6.07) is 9.62. The second-order valence-corrected chi connectivity index (χ2v) is 6.50. The second kappa shape index (κ2) is 5.61. The molecule has 2 fully saturated rings. The van der Waals surface area contributed by atoms with Gasteiger partial charge in [-0.25, -0.2) is 9.48 Å². The van der Waals surface area contributed by atoms with Crippen molar-refractivity contribution in [3.63, 3.8) is 0 Å². The summed E-state index contributed by atoms with van der Waals surface area (Å²) in [7, 11) is 0. The van der Waals surface area contributed by atoms with Crippen LogP contribution in [0.2, 0.25) is 0 Å². The smallest absolute Gasteiger partial charge is 0.323 e. The monoisotopic (exact) mass is 311 g/mol. The molecule has 120 valence electrons. The first kappa shape index (κ1) is 14.1. The predicted octanol–water partition coefficient (Wildman–Crippen LogP) is 2.72. The van der Waals surface area contributed by atoms with Crippen molar-refractivity contribution in [2.75, 3.05) is 24.1 Å². The van der Waals surface area contributed by atoms with Gasteiger partial charge in [-0.05, 0) is 36.8 Å². The number of amides is 2. The molecule has 1 saturated carbocycles. The number of nitrogens with one attached hydrogen (secondary N) is 1. The first-order valence-electron chi connectivity index (χ1n) is 8.17. The zero-order valence-electron chi connectivity index (χ0n) is 13.0. The van der Waals surface area contributed by atoms with E-state index >= 15 is 0 Å². The lowest BCUT2D eigenvalue weighted by Crippen LogP contribution is -2.34. The minimum absolute atomic E-state index is 0.0931. The number of anilines is 2. The predicted molar refractivity (Wildman–Crippen MR) is 89.4 cm³/mol. The second-order valence-electron chi connectivity index (χ2n) is 6.50. The summed E-state index contributed by atoms with van der Waals surface area (Å²) in [4.78, 5) is 14.4. The molecule has 0 radical (unpaired) electrons. The molecular weight excluding hydrogens is 290 g/mol. The lowest BCUT2D eigenvalue weighted by atomic mass is 10.0. The summed E-state index contributed by atoms with van der Waals surface area (Å²) in [5.74, 6) is 1.79. The van der Waals surface area contributed by atoms with Crippen LogP contribution in [0.15, 0.2) is 36.5 Å². The Morgan fingerprint density at radius 2 is 1.87 bits per heavy atom. The molecule has 2 amide bonds. The first-order valence-corrected chi connectivity index (χ1v) is 8.17. The molecule has 0 bridgehead atoms. The van der Waals surface area contributed by atoms with Gasteiger partial charge in [0.25, 0.3) is 0 Å². The molecule has 2 unspecified atom stereocenters. The van der Waals surface area contributed by atoms with E-state index in [1.165, 1.54) is 19.3 Å². The van der Waals surface area contributed by atoms with Crippen molar-refractivity contribution >= 4 is 17.5 Å². The summed E-state index contributed by atoms with van der Waals surface area (Å²) in [6.07, 6.45) is 5.53. The third-order valence-corrected chi connectivity index (χ3v) is 5.00. The highest BCUT2D eigenvalue weighted by molar-refractivity contribution is 5.91. The van der Waals surface area contributed by atoms with Crippen molar-refractivity contribution in [1.29, 1.82) is 0 Å². The number of rotatable bonds is 2. The highest BCUT2D eigenvalue weighted by Gasteiger charge is 2.38. The number of carbonyl (C=O) groups excluding carboxylic acids is 1. The Morgan fingerprint density at radius 1 is 1.17 bits per heavy atom. The standard InChI is InChI=1S/C17H21N5O/c18-15-11-22(14-7-2-1-3-8-14)20-16(15)19-17(23)21-9-12-5-4-6-13(12)10-21/h1-3,7-8,11-13H,4-6,9-10,18H2,(H,19,20,23). The molecule has 0 spiro atoms. The quantitative estimate of drug-likeness (QED) is 0.895. The minimum atomic E-state index is -0.0931. The van der Waals surface area contributed by atoms with Crippen molar-refractivity contribution < 1.29 is 4.79 Å². The van der Waals surface area contributed by atoms with E-state index in [0.717, 1.165) is 18.8 Å². The molecular formula is C17H21N5O. The maximum Gasteiger partial charge on any atom is 0.323 e. The SMILES string of the molecule is Nc1cn(-c2ccccc2)nc1NC(=O)N1CC2CCCC2C1. The summed E-state index contributed by atoms with van der Waals surface area (Å²) < 4.78 is 1.68. The Hall–Kier alpha value is -2.50. The fourth-order valence-corrected chi connectivity index (χ4v) is 3.78. The molecule has 1 aliphatic carbocycles. The minimum Gasteiger partial charge on any atom is -0.394 e. The van der Waals surface area contributed by atoms with E-state index in [2.05, 4.69) is 10.4 Å².